The van der Waals surface area contributed by atoms with E-state index in [0.717, 1.165) is 6.20 Å². The minimum Gasteiger partial charge on any atom is -0.265 e. The van der Waals surface area contributed by atoms with Crippen molar-refractivity contribution in [2.45, 2.75) is 6.18 Å². The summed E-state index contributed by atoms with van der Waals surface area (Å²) in [4.78, 5) is 10.1. The molecule has 0 spiro atoms. The van der Waals surface area contributed by atoms with Crippen LogP contribution in [-0.4, -0.2) is 15.0 Å². The summed E-state index contributed by atoms with van der Waals surface area (Å²) >= 11 is 0. The second-order valence-electron chi connectivity index (χ2n) is 2.61. The normalized spacial score (nSPS) is 10.2. The molecule has 0 radical (unpaired) electrons. The topological polar surface area (TPSA) is 38.7 Å². The van der Waals surface area contributed by atoms with Gasteiger partial charge in [0.2, 0.25) is 0 Å². The smallest absolute Gasteiger partial charge is 0.265 e. The molecule has 0 fully saturated rings. The van der Waals surface area contributed by atoms with Crippen LogP contribution in [0.2, 0.25) is 0 Å². The number of aromatic nitrogens is 3. The predicted octanol–water partition coefficient (Wildman–Crippen LogP) is 2.58. The lowest BCUT2D eigenvalue weighted by Gasteiger charge is -2.01. The second kappa shape index (κ2) is 5.79. The van der Waals surface area contributed by atoms with E-state index in [1.165, 1.54) is 6.20 Å². The molecule has 16 heavy (non-hydrogen) atoms. The highest BCUT2D eigenvalue weighted by atomic mass is 19.4. The Hall–Kier alpha value is -1.98. The summed E-state index contributed by atoms with van der Waals surface area (Å²) < 4.78 is 35.1. The first kappa shape index (κ1) is 12.1. The average molecular weight is 227 g/mol. The number of nitrogens with zero attached hydrogens (tertiary/aromatic N) is 3. The Labute approximate surface area is 90.0 Å². The molecule has 2 heterocycles. The summed E-state index contributed by atoms with van der Waals surface area (Å²) in [7, 11) is 0. The quantitative estimate of drug-likeness (QED) is 0.694. The van der Waals surface area contributed by atoms with Gasteiger partial charge in [-0.1, -0.05) is 6.07 Å². The summed E-state index contributed by atoms with van der Waals surface area (Å²) in [6.07, 6.45) is 1.99. The van der Waals surface area contributed by atoms with Crippen molar-refractivity contribution in [1.29, 1.82) is 0 Å². The lowest BCUT2D eigenvalue weighted by Crippen LogP contribution is -2.07. The van der Waals surface area contributed by atoms with E-state index >= 15 is 0 Å². The SMILES string of the molecule is FC(F)(F)c1cnccn1.c1ccncc1. The molecule has 0 aliphatic rings. The standard InChI is InChI=1S/C5H3F3N2.C5H5N/c6-5(7,8)4-3-9-1-2-10-4;1-2-4-6-5-3-1/h1-3H;1-5H. The number of alkyl halides is 3. The van der Waals surface area contributed by atoms with Crippen molar-refractivity contribution in [2.75, 3.05) is 0 Å². The average Bonchev–Trinajstić information content (AvgIpc) is 2.32. The predicted molar refractivity (Wildman–Crippen MR) is 51.3 cm³/mol. The van der Waals surface area contributed by atoms with Gasteiger partial charge in [0.15, 0.2) is 5.69 Å². The first-order valence-electron chi connectivity index (χ1n) is 4.29. The Kier molecular flexibility index (Phi) is 4.38. The molecule has 0 atom stereocenters. The van der Waals surface area contributed by atoms with Crippen molar-refractivity contribution < 1.29 is 13.2 Å². The van der Waals surface area contributed by atoms with Crippen LogP contribution < -0.4 is 0 Å². The van der Waals surface area contributed by atoms with Crippen molar-refractivity contribution in [2.24, 2.45) is 0 Å². The molecule has 0 bridgehead atoms. The van der Waals surface area contributed by atoms with E-state index in [1.807, 2.05) is 18.2 Å². The summed E-state index contributed by atoms with van der Waals surface area (Å²) in [5.74, 6) is 0. The van der Waals surface area contributed by atoms with E-state index in [0.29, 0.717) is 6.20 Å². The Balaban J connectivity index is 0.000000181. The van der Waals surface area contributed by atoms with E-state index < -0.39 is 11.9 Å². The molecule has 0 aliphatic heterocycles. The van der Waals surface area contributed by atoms with Crippen molar-refractivity contribution in [3.63, 3.8) is 0 Å². The van der Waals surface area contributed by atoms with Gasteiger partial charge in [0, 0.05) is 24.8 Å². The van der Waals surface area contributed by atoms with Gasteiger partial charge in [-0.2, -0.15) is 13.2 Å². The molecule has 2 aromatic rings. The van der Waals surface area contributed by atoms with Gasteiger partial charge in [-0.25, -0.2) is 4.98 Å². The fourth-order valence-corrected chi connectivity index (χ4v) is 0.758. The van der Waals surface area contributed by atoms with Crippen LogP contribution >= 0.6 is 0 Å². The Bertz CT molecular complexity index is 362. The fourth-order valence-electron chi connectivity index (χ4n) is 0.758. The van der Waals surface area contributed by atoms with Crippen molar-refractivity contribution >= 4 is 0 Å². The van der Waals surface area contributed by atoms with E-state index in [4.69, 9.17) is 0 Å². The van der Waals surface area contributed by atoms with Crippen molar-refractivity contribution in [3.05, 3.63) is 54.9 Å². The number of hydrogen-bond acceptors (Lipinski definition) is 3. The molecule has 0 amide bonds. The zero-order valence-corrected chi connectivity index (χ0v) is 8.09. The molecule has 0 aromatic carbocycles. The lowest BCUT2D eigenvalue weighted by atomic mass is 10.4. The molecular weight excluding hydrogens is 219 g/mol. The van der Waals surface area contributed by atoms with Gasteiger partial charge in [-0.3, -0.25) is 9.97 Å². The van der Waals surface area contributed by atoms with Gasteiger partial charge in [-0.05, 0) is 12.1 Å². The number of pyridine rings is 1. The molecule has 2 aromatic heterocycles. The molecule has 0 saturated heterocycles. The van der Waals surface area contributed by atoms with Crippen LogP contribution in [0.15, 0.2) is 49.2 Å². The van der Waals surface area contributed by atoms with E-state index in [2.05, 4.69) is 15.0 Å². The number of hydrogen-bond donors (Lipinski definition) is 0. The van der Waals surface area contributed by atoms with Gasteiger partial charge in [0.25, 0.3) is 0 Å². The van der Waals surface area contributed by atoms with Crippen LogP contribution in [0.4, 0.5) is 13.2 Å². The van der Waals surface area contributed by atoms with Crippen molar-refractivity contribution in [3.8, 4) is 0 Å². The Morgan fingerprint density at radius 3 is 1.75 bits per heavy atom. The van der Waals surface area contributed by atoms with Crippen molar-refractivity contribution in [1.82, 2.24) is 15.0 Å². The highest BCUT2D eigenvalue weighted by Crippen LogP contribution is 2.25. The zero-order valence-electron chi connectivity index (χ0n) is 8.09. The van der Waals surface area contributed by atoms with Crippen LogP contribution in [0.5, 0.6) is 0 Å². The minimum absolute atomic E-state index is 0.681. The van der Waals surface area contributed by atoms with Gasteiger partial charge in [0.05, 0.1) is 6.20 Å². The Morgan fingerprint density at radius 2 is 1.50 bits per heavy atom. The molecular formula is C10H8F3N3. The molecule has 6 heteroatoms. The van der Waals surface area contributed by atoms with E-state index in [1.54, 1.807) is 12.4 Å². The zero-order chi connectivity index (χ0) is 11.9. The molecule has 0 N–H and O–H groups in total. The Morgan fingerprint density at radius 1 is 0.812 bits per heavy atom. The van der Waals surface area contributed by atoms with Gasteiger partial charge < -0.3 is 0 Å². The van der Waals surface area contributed by atoms with Crippen LogP contribution in [0, 0.1) is 0 Å². The minimum atomic E-state index is -4.38. The van der Waals surface area contributed by atoms with Crippen LogP contribution in [0.3, 0.4) is 0 Å². The molecule has 2 rings (SSSR count). The van der Waals surface area contributed by atoms with Crippen LogP contribution in [-0.2, 0) is 6.18 Å². The third kappa shape index (κ3) is 4.50. The maximum absolute atomic E-state index is 11.7. The van der Waals surface area contributed by atoms with E-state index in [-0.39, 0.29) is 0 Å². The van der Waals surface area contributed by atoms with Gasteiger partial charge in [-0.15, -0.1) is 0 Å². The fraction of sp³-hybridized carbons (Fsp3) is 0.100. The van der Waals surface area contributed by atoms with E-state index in [9.17, 15) is 13.2 Å². The number of halogens is 3. The number of rotatable bonds is 0. The monoisotopic (exact) mass is 227 g/mol. The summed E-state index contributed by atoms with van der Waals surface area (Å²) in [5.41, 5.74) is -0.963. The molecule has 84 valence electrons. The molecule has 3 nitrogen and oxygen atoms in total. The third-order valence-electron chi connectivity index (χ3n) is 1.42. The second-order valence-corrected chi connectivity index (χ2v) is 2.61. The first-order chi connectivity index (χ1) is 7.61. The third-order valence-corrected chi connectivity index (χ3v) is 1.42. The van der Waals surface area contributed by atoms with Gasteiger partial charge >= 0.3 is 6.18 Å². The largest absolute Gasteiger partial charge is 0.434 e. The summed E-state index contributed by atoms with van der Waals surface area (Å²) in [5, 5.41) is 0. The molecule has 0 unspecified atom stereocenters. The lowest BCUT2D eigenvalue weighted by molar-refractivity contribution is -0.141. The molecule has 0 saturated carbocycles. The maximum Gasteiger partial charge on any atom is 0.434 e. The molecule has 0 aliphatic carbocycles. The summed E-state index contributed by atoms with van der Waals surface area (Å²) in [6.45, 7) is 0. The highest BCUT2D eigenvalue weighted by Gasteiger charge is 2.32. The van der Waals surface area contributed by atoms with Gasteiger partial charge in [0.1, 0.15) is 0 Å². The van der Waals surface area contributed by atoms with Crippen LogP contribution in [0.25, 0.3) is 0 Å². The maximum atomic E-state index is 11.7. The van der Waals surface area contributed by atoms with Crippen LogP contribution in [0.1, 0.15) is 5.69 Å². The summed E-state index contributed by atoms with van der Waals surface area (Å²) in [6, 6.07) is 5.72. The first-order valence-corrected chi connectivity index (χ1v) is 4.29. The highest BCUT2D eigenvalue weighted by molar-refractivity contribution is 4.98.